The molecular formula is C14H20Cl2N2O2. The molecule has 0 radical (unpaired) electrons. The van der Waals surface area contributed by atoms with Gasteiger partial charge in [0.1, 0.15) is 0 Å². The van der Waals surface area contributed by atoms with Crippen LogP contribution in [-0.2, 0) is 4.79 Å². The van der Waals surface area contributed by atoms with Crippen molar-refractivity contribution in [1.29, 1.82) is 0 Å². The van der Waals surface area contributed by atoms with E-state index in [9.17, 15) is 9.90 Å². The second-order valence-electron chi connectivity index (χ2n) is 5.26. The predicted molar refractivity (Wildman–Crippen MR) is 83.5 cm³/mol. The van der Waals surface area contributed by atoms with Gasteiger partial charge in [0.05, 0.1) is 27.9 Å². The minimum Gasteiger partial charge on any atom is -0.389 e. The van der Waals surface area contributed by atoms with Crippen molar-refractivity contribution in [2.75, 3.05) is 25.0 Å². The van der Waals surface area contributed by atoms with Gasteiger partial charge in [-0.15, -0.1) is 0 Å². The summed E-state index contributed by atoms with van der Waals surface area (Å²) in [6.07, 6.45) is 0. The van der Waals surface area contributed by atoms with Crippen LogP contribution >= 0.6 is 23.2 Å². The van der Waals surface area contributed by atoms with Gasteiger partial charge >= 0.3 is 0 Å². The molecule has 0 atom stereocenters. The van der Waals surface area contributed by atoms with Crippen LogP contribution < -0.4 is 5.32 Å². The molecule has 0 heterocycles. The quantitative estimate of drug-likeness (QED) is 0.847. The van der Waals surface area contributed by atoms with E-state index in [4.69, 9.17) is 23.2 Å². The number of halogens is 2. The lowest BCUT2D eigenvalue weighted by atomic mass is 10.1. The molecule has 0 aliphatic carbocycles. The van der Waals surface area contributed by atoms with Crippen molar-refractivity contribution in [3.8, 4) is 0 Å². The zero-order chi connectivity index (χ0) is 15.3. The van der Waals surface area contributed by atoms with Gasteiger partial charge in [-0.2, -0.15) is 0 Å². The number of benzene rings is 1. The molecule has 4 nitrogen and oxygen atoms in total. The summed E-state index contributed by atoms with van der Waals surface area (Å²) in [5.74, 6) is -0.217. The Morgan fingerprint density at radius 2 is 1.90 bits per heavy atom. The maximum atomic E-state index is 12.0. The lowest BCUT2D eigenvalue weighted by Crippen LogP contribution is -2.42. The number of aliphatic hydroxyl groups is 1. The van der Waals surface area contributed by atoms with Crippen molar-refractivity contribution in [1.82, 2.24) is 4.90 Å². The minimum absolute atomic E-state index is 0.169. The second-order valence-corrected chi connectivity index (χ2v) is 6.07. The Morgan fingerprint density at radius 1 is 1.35 bits per heavy atom. The van der Waals surface area contributed by atoms with Crippen molar-refractivity contribution in [2.45, 2.75) is 26.4 Å². The highest BCUT2D eigenvalue weighted by Gasteiger charge is 2.19. The predicted octanol–water partition coefficient (Wildman–Crippen LogP) is 3.02. The van der Waals surface area contributed by atoms with Crippen LogP contribution in [0.25, 0.3) is 0 Å². The third-order valence-corrected chi connectivity index (χ3v) is 3.28. The van der Waals surface area contributed by atoms with Gasteiger partial charge < -0.3 is 10.4 Å². The van der Waals surface area contributed by atoms with E-state index in [1.807, 2.05) is 11.8 Å². The summed E-state index contributed by atoms with van der Waals surface area (Å²) in [5, 5.41) is 13.3. The molecule has 0 bridgehead atoms. The van der Waals surface area contributed by atoms with E-state index < -0.39 is 5.60 Å². The Bertz CT molecular complexity index is 452. The summed E-state index contributed by atoms with van der Waals surface area (Å²) in [6, 6.07) is 5.04. The molecule has 6 heteroatoms. The molecule has 20 heavy (non-hydrogen) atoms. The molecule has 112 valence electrons. The number of nitrogens with zero attached hydrogens (tertiary/aromatic N) is 1. The SMILES string of the molecule is CCN(CC(=O)Nc1c(Cl)cccc1Cl)CC(C)(C)O. The molecule has 0 aliphatic heterocycles. The number of nitrogens with one attached hydrogen (secondary N) is 1. The van der Waals surface area contributed by atoms with Crippen molar-refractivity contribution in [2.24, 2.45) is 0 Å². The first-order valence-corrected chi connectivity index (χ1v) is 7.17. The van der Waals surface area contributed by atoms with Crippen LogP contribution in [0.2, 0.25) is 10.0 Å². The lowest BCUT2D eigenvalue weighted by molar-refractivity contribution is -0.117. The molecule has 0 spiro atoms. The van der Waals surface area contributed by atoms with Crippen molar-refractivity contribution < 1.29 is 9.90 Å². The number of hydrogen-bond acceptors (Lipinski definition) is 3. The monoisotopic (exact) mass is 318 g/mol. The molecule has 0 saturated heterocycles. The number of carbonyl (C=O) groups excluding carboxylic acids is 1. The first-order chi connectivity index (χ1) is 9.23. The van der Waals surface area contributed by atoms with Crippen LogP contribution in [-0.4, -0.2) is 41.1 Å². The number of hydrogen-bond donors (Lipinski definition) is 2. The van der Waals surface area contributed by atoms with Crippen molar-refractivity contribution >= 4 is 34.8 Å². The van der Waals surface area contributed by atoms with Crippen LogP contribution in [0.15, 0.2) is 18.2 Å². The molecule has 2 N–H and O–H groups in total. The molecule has 1 aromatic carbocycles. The average Bonchev–Trinajstić information content (AvgIpc) is 2.31. The van der Waals surface area contributed by atoms with Gasteiger partial charge in [-0.25, -0.2) is 0 Å². The summed E-state index contributed by atoms with van der Waals surface area (Å²) in [6.45, 7) is 6.58. The van der Waals surface area contributed by atoms with Gasteiger partial charge in [0.2, 0.25) is 5.91 Å². The fraction of sp³-hybridized carbons (Fsp3) is 0.500. The Morgan fingerprint density at radius 3 is 2.35 bits per heavy atom. The van der Waals surface area contributed by atoms with Crippen LogP contribution in [0.5, 0.6) is 0 Å². The van der Waals surface area contributed by atoms with E-state index in [0.29, 0.717) is 28.8 Å². The lowest BCUT2D eigenvalue weighted by Gasteiger charge is -2.27. The van der Waals surface area contributed by atoms with E-state index >= 15 is 0 Å². The molecule has 0 saturated carbocycles. The molecule has 1 rings (SSSR count). The molecule has 0 aromatic heterocycles. The smallest absolute Gasteiger partial charge is 0.238 e. The Balaban J connectivity index is 2.67. The summed E-state index contributed by atoms with van der Waals surface area (Å²) >= 11 is 12.0. The number of rotatable bonds is 6. The summed E-state index contributed by atoms with van der Waals surface area (Å²) in [4.78, 5) is 13.9. The third kappa shape index (κ3) is 5.67. The molecule has 0 unspecified atom stereocenters. The molecule has 1 amide bonds. The normalized spacial score (nSPS) is 11.8. The highest BCUT2D eigenvalue weighted by molar-refractivity contribution is 6.39. The largest absolute Gasteiger partial charge is 0.389 e. The van der Waals surface area contributed by atoms with Gasteiger partial charge in [-0.1, -0.05) is 36.2 Å². The van der Waals surface area contributed by atoms with Crippen LogP contribution in [0, 0.1) is 0 Å². The molecular weight excluding hydrogens is 299 g/mol. The summed E-state index contributed by atoms with van der Waals surface area (Å²) in [5.41, 5.74) is -0.432. The maximum Gasteiger partial charge on any atom is 0.238 e. The fourth-order valence-corrected chi connectivity index (χ4v) is 2.32. The minimum atomic E-state index is -0.849. The highest BCUT2D eigenvalue weighted by Crippen LogP contribution is 2.29. The average molecular weight is 319 g/mol. The zero-order valence-corrected chi connectivity index (χ0v) is 13.4. The summed E-state index contributed by atoms with van der Waals surface area (Å²) in [7, 11) is 0. The highest BCUT2D eigenvalue weighted by atomic mass is 35.5. The standard InChI is InChI=1S/C14H20Cl2N2O2/c1-4-18(9-14(2,3)20)8-12(19)17-13-10(15)6-5-7-11(13)16/h5-7,20H,4,8-9H2,1-3H3,(H,17,19). The van der Waals surface area contributed by atoms with Gasteiger partial charge in [-0.05, 0) is 32.5 Å². The van der Waals surface area contributed by atoms with Gasteiger partial charge in [0.15, 0.2) is 0 Å². The number of amides is 1. The zero-order valence-electron chi connectivity index (χ0n) is 11.9. The van der Waals surface area contributed by atoms with Gasteiger partial charge in [-0.3, -0.25) is 9.69 Å². The van der Waals surface area contributed by atoms with Gasteiger partial charge in [0, 0.05) is 6.54 Å². The van der Waals surface area contributed by atoms with E-state index in [2.05, 4.69) is 5.32 Å². The third-order valence-electron chi connectivity index (χ3n) is 2.65. The molecule has 0 fully saturated rings. The van der Waals surface area contributed by atoms with E-state index in [1.165, 1.54) is 0 Å². The van der Waals surface area contributed by atoms with Crippen molar-refractivity contribution in [3.05, 3.63) is 28.2 Å². The Hall–Kier alpha value is -0.810. The topological polar surface area (TPSA) is 52.6 Å². The number of likely N-dealkylation sites (N-methyl/N-ethyl adjacent to an activating group) is 1. The Labute approximate surface area is 129 Å². The fourth-order valence-electron chi connectivity index (χ4n) is 1.83. The first kappa shape index (κ1) is 17.2. The number of para-hydroxylation sites is 1. The molecule has 0 aliphatic rings. The van der Waals surface area contributed by atoms with E-state index in [-0.39, 0.29) is 12.5 Å². The van der Waals surface area contributed by atoms with E-state index in [1.54, 1.807) is 32.0 Å². The van der Waals surface area contributed by atoms with Crippen LogP contribution in [0.3, 0.4) is 0 Å². The maximum absolute atomic E-state index is 12.0. The first-order valence-electron chi connectivity index (χ1n) is 6.41. The summed E-state index contributed by atoms with van der Waals surface area (Å²) < 4.78 is 0. The van der Waals surface area contributed by atoms with Crippen LogP contribution in [0.1, 0.15) is 20.8 Å². The van der Waals surface area contributed by atoms with Crippen molar-refractivity contribution in [3.63, 3.8) is 0 Å². The number of anilines is 1. The van der Waals surface area contributed by atoms with E-state index in [0.717, 1.165) is 0 Å². The Kier molecular flexibility index (Phi) is 6.27. The van der Waals surface area contributed by atoms with Gasteiger partial charge in [0.25, 0.3) is 0 Å². The second kappa shape index (κ2) is 7.27. The molecule has 1 aromatic rings. The van der Waals surface area contributed by atoms with Crippen LogP contribution in [0.4, 0.5) is 5.69 Å². The number of carbonyl (C=O) groups is 1.